The van der Waals surface area contributed by atoms with Crippen LogP contribution in [0.15, 0.2) is 22.6 Å². The minimum Gasteiger partial charge on any atom is -0.465 e. The molecule has 0 spiro atoms. The quantitative estimate of drug-likeness (QED) is 0.716. The molecule has 1 aromatic rings. The van der Waals surface area contributed by atoms with Gasteiger partial charge in [-0.3, -0.25) is 4.79 Å². The molecule has 1 N–H and O–H groups in total. The lowest BCUT2D eigenvalue weighted by Gasteiger charge is -2.11. The largest absolute Gasteiger partial charge is 0.465 e. The third-order valence-electron chi connectivity index (χ3n) is 3.76. The van der Waals surface area contributed by atoms with Gasteiger partial charge in [-0.1, -0.05) is 13.8 Å². The number of carbonyl (C=O) groups excluding carboxylic acids is 1. The van der Waals surface area contributed by atoms with Crippen molar-refractivity contribution in [1.82, 2.24) is 19.7 Å². The topological polar surface area (TPSA) is 89.9 Å². The maximum absolute atomic E-state index is 11.9. The van der Waals surface area contributed by atoms with E-state index < -0.39 is 5.97 Å². The number of aryl methyl sites for hydroxylation is 2. The van der Waals surface area contributed by atoms with Crippen molar-refractivity contribution in [2.24, 2.45) is 0 Å². The zero-order chi connectivity index (χ0) is 17.3. The standard InChI is InChI=1S/C16H18N4O3S/c1-9(2)12-8-24-13(17-12)4-5-20-6-10-14(18-19-15(10)21)11(7-20)16(22)23-3/h6-9H,4-5H2,1-3H3,(H,19,21). The van der Waals surface area contributed by atoms with Crippen molar-refractivity contribution < 1.29 is 9.53 Å². The summed E-state index contributed by atoms with van der Waals surface area (Å²) in [5, 5.41) is 9.38. The van der Waals surface area contributed by atoms with Gasteiger partial charge in [-0.15, -0.1) is 11.3 Å². The molecule has 0 saturated carbocycles. The Bertz CT molecular complexity index is 893. The van der Waals surface area contributed by atoms with Crippen LogP contribution >= 0.6 is 11.3 Å². The monoisotopic (exact) mass is 346 g/mol. The molecule has 126 valence electrons. The molecule has 8 heteroatoms. The van der Waals surface area contributed by atoms with Crippen LogP contribution in [0.1, 0.15) is 40.8 Å². The predicted molar refractivity (Wildman–Crippen MR) is 90.7 cm³/mol. The van der Waals surface area contributed by atoms with Crippen LogP contribution in [-0.4, -0.2) is 32.8 Å². The number of pyridine rings is 1. The van der Waals surface area contributed by atoms with E-state index in [9.17, 15) is 9.59 Å². The van der Waals surface area contributed by atoms with Gasteiger partial charge in [-0.05, 0) is 5.92 Å². The van der Waals surface area contributed by atoms with Crippen LogP contribution in [-0.2, 0) is 17.7 Å². The van der Waals surface area contributed by atoms with Crippen LogP contribution in [0, 0.1) is 0 Å². The van der Waals surface area contributed by atoms with Crippen LogP contribution in [0.25, 0.3) is 11.3 Å². The van der Waals surface area contributed by atoms with Gasteiger partial charge < -0.3 is 9.30 Å². The molecule has 0 aliphatic carbocycles. The molecule has 0 fully saturated rings. The number of esters is 1. The second-order valence-electron chi connectivity index (χ2n) is 5.79. The molecule has 3 rings (SSSR count). The lowest BCUT2D eigenvalue weighted by Crippen LogP contribution is -2.13. The fourth-order valence-corrected chi connectivity index (χ4v) is 3.36. The number of thiazole rings is 1. The van der Waals surface area contributed by atoms with Crippen LogP contribution < -0.4 is 5.56 Å². The van der Waals surface area contributed by atoms with Gasteiger partial charge in [0.2, 0.25) is 0 Å². The predicted octanol–water partition coefficient (Wildman–Crippen LogP) is 2.29. The van der Waals surface area contributed by atoms with Crippen LogP contribution in [0.4, 0.5) is 0 Å². The Morgan fingerprint density at radius 2 is 2.21 bits per heavy atom. The third-order valence-corrected chi connectivity index (χ3v) is 4.69. The number of aromatic amines is 1. The molecule has 0 saturated heterocycles. The molecule has 7 nitrogen and oxygen atoms in total. The van der Waals surface area contributed by atoms with E-state index in [1.165, 1.54) is 7.11 Å². The SMILES string of the molecule is COC(=O)c1cn(CCc2nc(C(C)C)cs2)cc2c(=O)[nH]nc1-2. The highest BCUT2D eigenvalue weighted by Crippen LogP contribution is 2.22. The first-order chi connectivity index (χ1) is 11.5. The smallest absolute Gasteiger partial charge is 0.341 e. The van der Waals surface area contributed by atoms with Crippen molar-refractivity contribution in [3.8, 4) is 11.3 Å². The van der Waals surface area contributed by atoms with E-state index in [1.807, 2.05) is 4.57 Å². The van der Waals surface area contributed by atoms with Crippen molar-refractivity contribution in [1.29, 1.82) is 0 Å². The lowest BCUT2D eigenvalue weighted by atomic mass is 10.1. The number of nitrogens with one attached hydrogen (secondary N) is 1. The fourth-order valence-electron chi connectivity index (χ4n) is 2.41. The summed E-state index contributed by atoms with van der Waals surface area (Å²) < 4.78 is 6.59. The Hall–Kier alpha value is -2.48. The Balaban J connectivity index is 1.88. The van der Waals surface area contributed by atoms with Gasteiger partial charge in [0.25, 0.3) is 5.56 Å². The summed E-state index contributed by atoms with van der Waals surface area (Å²) in [5.74, 6) is -0.115. The molecular weight excluding hydrogens is 328 g/mol. The number of hydrogen-bond acceptors (Lipinski definition) is 6. The van der Waals surface area contributed by atoms with Crippen molar-refractivity contribution in [3.05, 3.63) is 44.4 Å². The summed E-state index contributed by atoms with van der Waals surface area (Å²) in [6.45, 7) is 4.83. The number of ether oxygens (including phenoxy) is 1. The molecule has 1 aromatic heterocycles. The number of rotatable bonds is 5. The molecule has 3 heterocycles. The van der Waals surface area contributed by atoms with E-state index >= 15 is 0 Å². The summed E-state index contributed by atoms with van der Waals surface area (Å²) in [7, 11) is 1.30. The Morgan fingerprint density at radius 1 is 1.42 bits per heavy atom. The number of fused-ring (bicyclic) bond motifs is 1. The van der Waals surface area contributed by atoms with Gasteiger partial charge in [0.05, 0.1) is 23.4 Å². The Kier molecular flexibility index (Phi) is 4.48. The fraction of sp³-hybridized carbons (Fsp3) is 0.375. The van der Waals surface area contributed by atoms with Gasteiger partial charge in [0.1, 0.15) is 11.3 Å². The number of hydrogen-bond donors (Lipinski definition) is 1. The molecule has 24 heavy (non-hydrogen) atoms. The van der Waals surface area contributed by atoms with Crippen LogP contribution in [0.2, 0.25) is 0 Å². The summed E-state index contributed by atoms with van der Waals surface area (Å²) in [6, 6.07) is 0. The molecule has 0 unspecified atom stereocenters. The number of H-pyrrole nitrogens is 1. The Morgan fingerprint density at radius 3 is 2.88 bits per heavy atom. The van der Waals surface area contributed by atoms with Crippen LogP contribution in [0.3, 0.4) is 0 Å². The van der Waals surface area contributed by atoms with E-state index in [1.54, 1.807) is 23.7 Å². The molecule has 0 aromatic carbocycles. The number of nitrogens with zero attached hydrogens (tertiary/aromatic N) is 3. The summed E-state index contributed by atoms with van der Waals surface area (Å²) in [5.41, 5.74) is 1.75. The van der Waals surface area contributed by atoms with E-state index in [-0.39, 0.29) is 11.1 Å². The van der Waals surface area contributed by atoms with E-state index in [4.69, 9.17) is 4.74 Å². The maximum atomic E-state index is 11.9. The lowest BCUT2D eigenvalue weighted by molar-refractivity contribution is 0.0600. The van der Waals surface area contributed by atoms with E-state index in [0.29, 0.717) is 23.7 Å². The maximum Gasteiger partial charge on any atom is 0.341 e. The van der Waals surface area contributed by atoms with Crippen molar-refractivity contribution in [2.75, 3.05) is 7.11 Å². The zero-order valence-corrected chi connectivity index (χ0v) is 14.5. The number of aromatic nitrogens is 4. The van der Waals surface area contributed by atoms with E-state index in [2.05, 4.69) is 34.4 Å². The Labute approximate surface area is 142 Å². The second kappa shape index (κ2) is 6.56. The van der Waals surface area contributed by atoms with Gasteiger partial charge in [0, 0.05) is 30.7 Å². The third kappa shape index (κ3) is 3.09. The average Bonchev–Trinajstić information content (AvgIpc) is 3.19. The highest BCUT2D eigenvalue weighted by atomic mass is 32.1. The molecule has 0 bridgehead atoms. The van der Waals surface area contributed by atoms with Crippen molar-refractivity contribution >= 4 is 17.3 Å². The first-order valence-corrected chi connectivity index (χ1v) is 8.48. The minimum absolute atomic E-state index is 0.273. The molecule has 0 radical (unpaired) electrons. The molecule has 0 atom stereocenters. The molecule has 0 amide bonds. The molecule has 2 aliphatic rings. The van der Waals surface area contributed by atoms with Gasteiger partial charge in [-0.25, -0.2) is 14.9 Å². The van der Waals surface area contributed by atoms with E-state index in [0.717, 1.165) is 17.1 Å². The highest BCUT2D eigenvalue weighted by molar-refractivity contribution is 7.09. The number of methoxy groups -OCH3 is 1. The second-order valence-corrected chi connectivity index (χ2v) is 6.73. The van der Waals surface area contributed by atoms with Gasteiger partial charge in [-0.2, -0.15) is 5.10 Å². The van der Waals surface area contributed by atoms with Gasteiger partial charge in [0.15, 0.2) is 0 Å². The van der Waals surface area contributed by atoms with Gasteiger partial charge >= 0.3 is 5.97 Å². The average molecular weight is 346 g/mol. The summed E-state index contributed by atoms with van der Waals surface area (Å²) in [6.07, 6.45) is 4.08. The molecular formula is C16H18N4O3S. The first-order valence-electron chi connectivity index (χ1n) is 7.60. The zero-order valence-electron chi connectivity index (χ0n) is 13.7. The number of carbonyl (C=O) groups is 1. The normalized spacial score (nSPS) is 11.3. The first kappa shape index (κ1) is 16.4. The van der Waals surface area contributed by atoms with Crippen LogP contribution in [0.5, 0.6) is 0 Å². The van der Waals surface area contributed by atoms with Crippen molar-refractivity contribution in [3.63, 3.8) is 0 Å². The molecule has 2 aliphatic heterocycles. The van der Waals surface area contributed by atoms with Crippen molar-refractivity contribution in [2.45, 2.75) is 32.7 Å². The summed E-state index contributed by atoms with van der Waals surface area (Å²) in [4.78, 5) is 28.4. The summed E-state index contributed by atoms with van der Waals surface area (Å²) >= 11 is 1.62. The minimum atomic E-state index is -0.516. The highest BCUT2D eigenvalue weighted by Gasteiger charge is 2.21.